The zero-order valence-electron chi connectivity index (χ0n) is 14.6. The van der Waals surface area contributed by atoms with Crippen LogP contribution in [-0.4, -0.2) is 49.6 Å². The largest absolute Gasteiger partial charge is 0.296 e. The standard InChI is InChI=1S/C19H21BrN2O3S/c1-15(23)16-6-8-18(9-7-16)26(24,25)22-12-10-21(11-13-22)14-17-4-2-3-5-19(17)20/h2-9H,10-14H2,1H3. The first-order valence-corrected chi connectivity index (χ1v) is 10.7. The molecule has 5 nitrogen and oxygen atoms in total. The second-order valence-electron chi connectivity index (χ2n) is 6.35. The van der Waals surface area contributed by atoms with E-state index in [4.69, 9.17) is 0 Å². The smallest absolute Gasteiger partial charge is 0.243 e. The molecular formula is C19H21BrN2O3S. The van der Waals surface area contributed by atoms with E-state index in [1.807, 2.05) is 18.2 Å². The summed E-state index contributed by atoms with van der Waals surface area (Å²) in [5.74, 6) is -0.0744. The lowest BCUT2D eigenvalue weighted by atomic mass is 10.2. The molecule has 7 heteroatoms. The van der Waals surface area contributed by atoms with Crippen molar-refractivity contribution in [2.75, 3.05) is 26.2 Å². The predicted molar refractivity (Wildman–Crippen MR) is 105 cm³/mol. The van der Waals surface area contributed by atoms with E-state index >= 15 is 0 Å². The number of benzene rings is 2. The highest BCUT2D eigenvalue weighted by Crippen LogP contribution is 2.21. The molecule has 2 aromatic carbocycles. The van der Waals surface area contributed by atoms with Crippen LogP contribution in [0.3, 0.4) is 0 Å². The van der Waals surface area contributed by atoms with Crippen LogP contribution in [0.1, 0.15) is 22.8 Å². The van der Waals surface area contributed by atoms with Crippen molar-refractivity contribution in [3.8, 4) is 0 Å². The zero-order chi connectivity index (χ0) is 18.7. The SMILES string of the molecule is CC(=O)c1ccc(S(=O)(=O)N2CCN(Cc3ccccc3Br)CC2)cc1. The molecule has 0 aromatic heterocycles. The number of piperazine rings is 1. The molecule has 1 heterocycles. The predicted octanol–water partition coefficient (Wildman–Crippen LogP) is 3.16. The fourth-order valence-electron chi connectivity index (χ4n) is 3.01. The minimum Gasteiger partial charge on any atom is -0.296 e. The van der Waals surface area contributed by atoms with Gasteiger partial charge in [-0.25, -0.2) is 8.42 Å². The van der Waals surface area contributed by atoms with Crippen LogP contribution in [0.25, 0.3) is 0 Å². The Balaban J connectivity index is 1.65. The maximum atomic E-state index is 12.8. The molecule has 0 atom stereocenters. The number of halogens is 1. The Morgan fingerprint density at radius 3 is 2.19 bits per heavy atom. The highest BCUT2D eigenvalue weighted by molar-refractivity contribution is 9.10. The van der Waals surface area contributed by atoms with Crippen molar-refractivity contribution in [1.82, 2.24) is 9.21 Å². The fourth-order valence-corrected chi connectivity index (χ4v) is 4.84. The second-order valence-corrected chi connectivity index (χ2v) is 9.14. The first-order chi connectivity index (χ1) is 12.4. The third kappa shape index (κ3) is 4.23. The number of carbonyl (C=O) groups is 1. The van der Waals surface area contributed by atoms with Gasteiger partial charge in [-0.05, 0) is 30.7 Å². The summed E-state index contributed by atoms with van der Waals surface area (Å²) in [6.45, 7) is 4.55. The third-order valence-electron chi connectivity index (χ3n) is 4.58. The van der Waals surface area contributed by atoms with Gasteiger partial charge in [0, 0.05) is 42.8 Å². The molecule has 0 amide bonds. The van der Waals surface area contributed by atoms with Crippen molar-refractivity contribution in [2.24, 2.45) is 0 Å². The first-order valence-electron chi connectivity index (χ1n) is 8.45. The summed E-state index contributed by atoms with van der Waals surface area (Å²) in [5, 5.41) is 0. The highest BCUT2D eigenvalue weighted by atomic mass is 79.9. The molecule has 0 unspecified atom stereocenters. The number of hydrogen-bond acceptors (Lipinski definition) is 4. The van der Waals surface area contributed by atoms with E-state index in [0.29, 0.717) is 31.7 Å². The van der Waals surface area contributed by atoms with E-state index in [2.05, 4.69) is 26.9 Å². The Morgan fingerprint density at radius 2 is 1.62 bits per heavy atom. The molecule has 1 fully saturated rings. The van der Waals surface area contributed by atoms with Gasteiger partial charge in [0.05, 0.1) is 4.90 Å². The van der Waals surface area contributed by atoms with E-state index in [1.54, 1.807) is 12.1 Å². The van der Waals surface area contributed by atoms with Crippen molar-refractivity contribution in [1.29, 1.82) is 0 Å². The van der Waals surface area contributed by atoms with Crippen molar-refractivity contribution < 1.29 is 13.2 Å². The van der Waals surface area contributed by atoms with Gasteiger partial charge in [0.1, 0.15) is 0 Å². The van der Waals surface area contributed by atoms with Gasteiger partial charge in [0.15, 0.2) is 5.78 Å². The molecule has 0 aliphatic carbocycles. The summed E-state index contributed by atoms with van der Waals surface area (Å²) in [4.78, 5) is 13.8. The summed E-state index contributed by atoms with van der Waals surface area (Å²) in [7, 11) is -3.52. The van der Waals surface area contributed by atoms with E-state index in [0.717, 1.165) is 11.0 Å². The van der Waals surface area contributed by atoms with Crippen LogP contribution >= 0.6 is 15.9 Å². The Morgan fingerprint density at radius 1 is 1.00 bits per heavy atom. The highest BCUT2D eigenvalue weighted by Gasteiger charge is 2.28. The third-order valence-corrected chi connectivity index (χ3v) is 7.27. The Bertz CT molecular complexity index is 889. The molecule has 3 rings (SSSR count). The van der Waals surface area contributed by atoms with E-state index < -0.39 is 10.0 Å². The van der Waals surface area contributed by atoms with Crippen LogP contribution < -0.4 is 0 Å². The molecule has 2 aromatic rings. The van der Waals surface area contributed by atoms with Crippen LogP contribution in [0, 0.1) is 0 Å². The monoisotopic (exact) mass is 436 g/mol. The van der Waals surface area contributed by atoms with Gasteiger partial charge in [-0.2, -0.15) is 4.31 Å². The minimum atomic E-state index is -3.52. The normalized spacial score (nSPS) is 16.5. The maximum Gasteiger partial charge on any atom is 0.243 e. The number of carbonyl (C=O) groups excluding carboxylic acids is 1. The summed E-state index contributed by atoms with van der Waals surface area (Å²) < 4.78 is 28.2. The summed E-state index contributed by atoms with van der Waals surface area (Å²) >= 11 is 3.56. The molecule has 0 spiro atoms. The van der Waals surface area contributed by atoms with E-state index in [9.17, 15) is 13.2 Å². The number of ketones is 1. The first kappa shape index (κ1) is 19.2. The molecular weight excluding hydrogens is 416 g/mol. The number of nitrogens with zero attached hydrogens (tertiary/aromatic N) is 2. The van der Waals surface area contributed by atoms with Gasteiger partial charge in [-0.15, -0.1) is 0 Å². The lowest BCUT2D eigenvalue weighted by Crippen LogP contribution is -2.48. The molecule has 1 aliphatic rings. The van der Waals surface area contributed by atoms with Crippen LogP contribution in [0.4, 0.5) is 0 Å². The molecule has 1 aliphatic heterocycles. The van der Waals surface area contributed by atoms with Crippen molar-refractivity contribution in [3.63, 3.8) is 0 Å². The Labute approximate surface area is 162 Å². The molecule has 0 radical (unpaired) electrons. The van der Waals surface area contributed by atoms with Crippen molar-refractivity contribution >= 4 is 31.7 Å². The molecule has 138 valence electrons. The summed E-state index contributed by atoms with van der Waals surface area (Å²) in [6.07, 6.45) is 0. The van der Waals surface area contributed by atoms with Gasteiger partial charge in [-0.3, -0.25) is 9.69 Å². The van der Waals surface area contributed by atoms with Gasteiger partial charge >= 0.3 is 0 Å². The lowest BCUT2D eigenvalue weighted by Gasteiger charge is -2.34. The Hall–Kier alpha value is -1.54. The second kappa shape index (κ2) is 8.00. The number of sulfonamides is 1. The average Bonchev–Trinajstić information content (AvgIpc) is 2.64. The molecule has 0 saturated carbocycles. The Kier molecular flexibility index (Phi) is 5.92. The van der Waals surface area contributed by atoms with Crippen LogP contribution in [0.15, 0.2) is 57.9 Å². The number of hydrogen-bond donors (Lipinski definition) is 0. The van der Waals surface area contributed by atoms with Gasteiger partial charge < -0.3 is 0 Å². The van der Waals surface area contributed by atoms with Gasteiger partial charge in [-0.1, -0.05) is 46.3 Å². The molecule has 26 heavy (non-hydrogen) atoms. The van der Waals surface area contributed by atoms with Gasteiger partial charge in [0.2, 0.25) is 10.0 Å². The van der Waals surface area contributed by atoms with E-state index in [1.165, 1.54) is 28.9 Å². The maximum absolute atomic E-state index is 12.8. The van der Waals surface area contributed by atoms with Crippen LogP contribution in [0.2, 0.25) is 0 Å². The lowest BCUT2D eigenvalue weighted by molar-refractivity contribution is 0.101. The summed E-state index contributed by atoms with van der Waals surface area (Å²) in [5.41, 5.74) is 1.71. The van der Waals surface area contributed by atoms with Crippen molar-refractivity contribution in [2.45, 2.75) is 18.4 Å². The number of Topliss-reactive ketones (excluding diaryl/α,β-unsaturated/α-hetero) is 1. The van der Waals surface area contributed by atoms with Crippen LogP contribution in [0.5, 0.6) is 0 Å². The topological polar surface area (TPSA) is 57.7 Å². The zero-order valence-corrected chi connectivity index (χ0v) is 17.0. The van der Waals surface area contributed by atoms with E-state index in [-0.39, 0.29) is 10.7 Å². The number of rotatable bonds is 5. The molecule has 0 N–H and O–H groups in total. The molecule has 0 bridgehead atoms. The van der Waals surface area contributed by atoms with Crippen molar-refractivity contribution in [3.05, 3.63) is 64.1 Å². The van der Waals surface area contributed by atoms with Gasteiger partial charge in [0.25, 0.3) is 0 Å². The minimum absolute atomic E-state index is 0.0744. The fraction of sp³-hybridized carbons (Fsp3) is 0.316. The summed E-state index contributed by atoms with van der Waals surface area (Å²) in [6, 6.07) is 14.2. The molecule has 1 saturated heterocycles. The van der Waals surface area contributed by atoms with Crippen LogP contribution in [-0.2, 0) is 16.6 Å². The quantitative estimate of drug-likeness (QED) is 0.675. The average molecular weight is 437 g/mol.